The van der Waals surface area contributed by atoms with E-state index in [1.54, 1.807) is 43.8 Å². The molecule has 0 aliphatic carbocycles. The summed E-state index contributed by atoms with van der Waals surface area (Å²) in [6.45, 7) is 8.94. The Balaban J connectivity index is 0.968. The first-order valence-electron chi connectivity index (χ1n) is 21.5. The van der Waals surface area contributed by atoms with Gasteiger partial charge in [0, 0.05) is 101 Å². The summed E-state index contributed by atoms with van der Waals surface area (Å²) < 4.78 is 25.7. The fourth-order valence-electron chi connectivity index (χ4n) is 9.19. The van der Waals surface area contributed by atoms with Gasteiger partial charge in [0.25, 0.3) is 5.91 Å². The van der Waals surface area contributed by atoms with Gasteiger partial charge in [0.1, 0.15) is 17.5 Å². The number of carbonyl (C=O) groups excluding carboxylic acids is 4. The van der Waals surface area contributed by atoms with E-state index >= 15 is 4.39 Å². The highest BCUT2D eigenvalue weighted by Gasteiger charge is 2.32. The number of piperazine rings is 1. The van der Waals surface area contributed by atoms with Crippen molar-refractivity contribution < 1.29 is 28.3 Å². The predicted molar refractivity (Wildman–Crippen MR) is 238 cm³/mol. The average Bonchev–Trinajstić information content (AvgIpc) is 3.82. The molecule has 3 aromatic carbocycles. The molecule has 5 heterocycles. The van der Waals surface area contributed by atoms with Gasteiger partial charge in [0.15, 0.2) is 5.82 Å². The zero-order chi connectivity index (χ0) is 44.0. The highest BCUT2D eigenvalue weighted by molar-refractivity contribution is 6.05. The molecule has 2 saturated heterocycles. The van der Waals surface area contributed by atoms with Crippen LogP contribution in [0.15, 0.2) is 59.4 Å². The molecule has 0 radical (unpaired) electrons. The molecular weight excluding hydrogens is 792 g/mol. The number of nitrogens with one attached hydrogen (secondary N) is 2. The predicted octanol–water partition coefficient (Wildman–Crippen LogP) is 5.34. The Bertz CT molecular complexity index is 2680. The first kappa shape index (κ1) is 42.5. The van der Waals surface area contributed by atoms with E-state index in [1.807, 2.05) is 56.3 Å². The largest absolute Gasteiger partial charge is 0.496 e. The van der Waals surface area contributed by atoms with Crippen LogP contribution in [-0.4, -0.2) is 119 Å². The molecule has 1 atom stereocenters. The van der Waals surface area contributed by atoms with Crippen molar-refractivity contribution in [3.63, 3.8) is 0 Å². The number of aromatic amines is 1. The molecule has 3 aliphatic heterocycles. The minimum absolute atomic E-state index is 0.0276. The highest BCUT2D eigenvalue weighted by Crippen LogP contribution is 2.42. The first-order chi connectivity index (χ1) is 29.7. The number of carbonyl (C=O) groups is 4. The zero-order valence-electron chi connectivity index (χ0n) is 36.3. The van der Waals surface area contributed by atoms with E-state index in [9.17, 15) is 24.0 Å². The lowest BCUT2D eigenvalue weighted by atomic mass is 9.92. The van der Waals surface area contributed by atoms with Gasteiger partial charge in [0.05, 0.1) is 23.7 Å². The molecule has 2 fully saturated rings. The topological polar surface area (TPSA) is 145 Å². The van der Waals surface area contributed by atoms with Crippen molar-refractivity contribution in [1.82, 2.24) is 34.1 Å². The van der Waals surface area contributed by atoms with Crippen molar-refractivity contribution in [2.24, 2.45) is 13.0 Å². The molecule has 0 saturated carbocycles. The van der Waals surface area contributed by atoms with Crippen molar-refractivity contribution in [1.29, 1.82) is 0 Å². The van der Waals surface area contributed by atoms with E-state index in [0.29, 0.717) is 48.1 Å². The molecule has 4 amide bonds. The van der Waals surface area contributed by atoms with Gasteiger partial charge in [-0.25, -0.2) is 9.18 Å². The lowest BCUT2D eigenvalue weighted by molar-refractivity contribution is -0.136. The number of piperidine rings is 1. The van der Waals surface area contributed by atoms with Gasteiger partial charge in [-0.05, 0) is 85.3 Å². The number of hydrogen-bond acceptors (Lipinski definition) is 8. The van der Waals surface area contributed by atoms with Gasteiger partial charge >= 0.3 is 5.69 Å². The third kappa shape index (κ3) is 8.01. The van der Waals surface area contributed by atoms with Crippen LogP contribution in [0.2, 0.25) is 0 Å². The van der Waals surface area contributed by atoms with Crippen molar-refractivity contribution in [2.45, 2.75) is 52.0 Å². The smallest absolute Gasteiger partial charge is 0.329 e. The van der Waals surface area contributed by atoms with Crippen LogP contribution in [0.1, 0.15) is 67.2 Å². The molecule has 2 N–H and O–H groups in total. The number of fused-ring (bicyclic) bond motifs is 2. The van der Waals surface area contributed by atoms with Crippen LogP contribution in [-0.2, 0) is 27.9 Å². The summed E-state index contributed by atoms with van der Waals surface area (Å²) in [6.07, 6.45) is 4.90. The zero-order valence-corrected chi connectivity index (χ0v) is 36.3. The molecule has 5 aromatic rings. The van der Waals surface area contributed by atoms with Crippen LogP contribution in [0, 0.1) is 11.7 Å². The fourth-order valence-corrected chi connectivity index (χ4v) is 9.19. The van der Waals surface area contributed by atoms with Gasteiger partial charge < -0.3 is 24.4 Å². The second-order valence-corrected chi connectivity index (χ2v) is 17.2. The number of ether oxygens (including phenoxy) is 1. The summed E-state index contributed by atoms with van der Waals surface area (Å²) in [6, 6.07) is 14.9. The monoisotopic (exact) mass is 846 g/mol. The first-order valence-corrected chi connectivity index (χ1v) is 21.5. The quantitative estimate of drug-likeness (QED) is 0.170. The van der Waals surface area contributed by atoms with E-state index in [1.165, 1.54) is 9.47 Å². The maximum Gasteiger partial charge on any atom is 0.329 e. The lowest BCUT2D eigenvalue weighted by Crippen LogP contribution is -2.46. The van der Waals surface area contributed by atoms with Gasteiger partial charge in [-0.3, -0.25) is 38.5 Å². The van der Waals surface area contributed by atoms with Crippen LogP contribution in [0.5, 0.6) is 5.75 Å². The van der Waals surface area contributed by atoms with Crippen LogP contribution >= 0.6 is 0 Å². The Morgan fingerprint density at radius 3 is 2.42 bits per heavy atom. The Morgan fingerprint density at radius 1 is 0.935 bits per heavy atom. The van der Waals surface area contributed by atoms with E-state index < -0.39 is 17.8 Å². The number of halogens is 1. The number of benzene rings is 3. The number of hydrogen-bond donors (Lipinski definition) is 2. The number of aryl methyl sites for hydroxylation is 2. The highest BCUT2D eigenvalue weighted by atomic mass is 19.1. The number of rotatable bonds is 11. The number of anilines is 1. The maximum absolute atomic E-state index is 16.6. The summed E-state index contributed by atoms with van der Waals surface area (Å²) in [5.41, 5.74) is 6.42. The third-order valence-electron chi connectivity index (χ3n) is 12.6. The van der Waals surface area contributed by atoms with Gasteiger partial charge in [-0.2, -0.15) is 0 Å². The summed E-state index contributed by atoms with van der Waals surface area (Å²) >= 11 is 0. The van der Waals surface area contributed by atoms with Crippen LogP contribution in [0.4, 0.5) is 10.1 Å². The Labute approximate surface area is 359 Å². The summed E-state index contributed by atoms with van der Waals surface area (Å²) in [5.74, 6) is -1.00. The number of imidazole rings is 1. The molecule has 62 heavy (non-hydrogen) atoms. The second-order valence-electron chi connectivity index (χ2n) is 17.2. The number of amides is 4. The Hall–Kier alpha value is -6.22. The van der Waals surface area contributed by atoms with Gasteiger partial charge in [0.2, 0.25) is 17.7 Å². The molecule has 326 valence electrons. The van der Waals surface area contributed by atoms with Gasteiger partial charge in [-0.15, -0.1) is 0 Å². The molecule has 14 nitrogen and oxygen atoms in total. The molecular formula is C47H55FN8O6. The SMILES string of the molecule is COc1cc(N2CCN(CCCc3ccc4c(c3)n(C)c(=O)n4C3CCC(=O)NC3=O)CC2)ccc1-c1cc(C2=CCCN(C(=O)C(C)C)C2)c(F)c2[nH]c(C(=O)N(C)C)cc12. The number of imide groups is 1. The molecule has 3 aliphatic rings. The molecule has 8 rings (SSSR count). The molecule has 15 heteroatoms. The summed E-state index contributed by atoms with van der Waals surface area (Å²) in [4.78, 5) is 74.7. The Kier molecular flexibility index (Phi) is 11.8. The van der Waals surface area contributed by atoms with Crippen molar-refractivity contribution >= 4 is 56.8 Å². The number of aromatic nitrogens is 3. The number of methoxy groups -OCH3 is 1. The van der Waals surface area contributed by atoms with Gasteiger partial charge in [-0.1, -0.05) is 26.0 Å². The minimum atomic E-state index is -0.707. The third-order valence-corrected chi connectivity index (χ3v) is 12.6. The fraction of sp³-hybridized carbons (Fsp3) is 0.426. The van der Waals surface area contributed by atoms with Crippen LogP contribution in [0.25, 0.3) is 38.6 Å². The number of nitrogens with zero attached hydrogens (tertiary/aromatic N) is 6. The molecule has 0 spiro atoms. The maximum atomic E-state index is 16.6. The average molecular weight is 847 g/mol. The Morgan fingerprint density at radius 2 is 1.71 bits per heavy atom. The van der Waals surface area contributed by atoms with E-state index in [4.69, 9.17) is 4.74 Å². The minimum Gasteiger partial charge on any atom is -0.496 e. The standard InChI is InChI=1S/C47H55FN8O6/c1-28(2)45(59)55-18-8-10-30(27-55)33-25-34(35-26-36(46(60)51(3)4)49-43(35)42(33)48)32-13-12-31(24-40(32)62-6)54-21-19-53(20-22-54)17-7-9-29-11-14-37-39(23-29)52(5)47(61)56(37)38-15-16-41(57)50-44(38)58/h10-14,23-26,28,38,49H,7-9,15-22,27H2,1-6H3,(H,50,57,58). The lowest BCUT2D eigenvalue weighted by Gasteiger charge is -2.36. The molecule has 0 bridgehead atoms. The molecule has 2 aromatic heterocycles. The van der Waals surface area contributed by atoms with Crippen molar-refractivity contribution in [3.05, 3.63) is 87.7 Å². The van der Waals surface area contributed by atoms with Crippen molar-refractivity contribution in [2.75, 3.05) is 71.9 Å². The van der Waals surface area contributed by atoms with Crippen LogP contribution in [0.3, 0.4) is 0 Å². The summed E-state index contributed by atoms with van der Waals surface area (Å²) in [5, 5.41) is 2.93. The molecule has 1 unspecified atom stereocenters. The summed E-state index contributed by atoms with van der Waals surface area (Å²) in [7, 11) is 6.66. The normalized spacial score (nSPS) is 17.5. The second kappa shape index (κ2) is 17.3. The van der Waals surface area contributed by atoms with E-state index in [0.717, 1.165) is 79.0 Å². The van der Waals surface area contributed by atoms with Crippen LogP contribution < -0.4 is 20.6 Å². The van der Waals surface area contributed by atoms with E-state index in [-0.39, 0.29) is 47.0 Å². The number of H-pyrrole nitrogens is 1. The van der Waals surface area contributed by atoms with Crippen molar-refractivity contribution in [3.8, 4) is 16.9 Å². The van der Waals surface area contributed by atoms with E-state index in [2.05, 4.69) is 26.2 Å².